The van der Waals surface area contributed by atoms with Gasteiger partial charge < -0.3 is 9.88 Å². The quantitative estimate of drug-likeness (QED) is 0.553. The molecule has 0 unspecified atom stereocenters. The molecule has 0 radical (unpaired) electrons. The lowest BCUT2D eigenvalue weighted by atomic mass is 9.96. The molecule has 2 aromatic heterocycles. The zero-order valence-corrected chi connectivity index (χ0v) is 19.2. The Balaban J connectivity index is 1.28. The second-order valence-electron chi connectivity index (χ2n) is 8.33. The van der Waals surface area contributed by atoms with Crippen molar-refractivity contribution in [1.82, 2.24) is 19.4 Å². The van der Waals surface area contributed by atoms with E-state index >= 15 is 0 Å². The van der Waals surface area contributed by atoms with E-state index in [2.05, 4.69) is 55.9 Å². The highest BCUT2D eigenvalue weighted by atomic mass is 32.1. The van der Waals surface area contributed by atoms with Crippen molar-refractivity contribution >= 4 is 22.4 Å². The van der Waals surface area contributed by atoms with Crippen LogP contribution in [0.25, 0.3) is 11.3 Å². The molecule has 1 N–H and O–H groups in total. The van der Waals surface area contributed by atoms with E-state index in [0.29, 0.717) is 5.13 Å². The number of piperidine rings is 1. The average molecular weight is 438 g/mol. The summed E-state index contributed by atoms with van der Waals surface area (Å²) >= 11 is 1.50. The van der Waals surface area contributed by atoms with Crippen LogP contribution in [0.4, 0.5) is 5.13 Å². The molecule has 0 aliphatic carbocycles. The minimum Gasteiger partial charge on any atom is -0.337 e. The van der Waals surface area contributed by atoms with Crippen LogP contribution in [0.5, 0.6) is 0 Å². The van der Waals surface area contributed by atoms with Gasteiger partial charge in [-0.15, -0.1) is 11.3 Å². The van der Waals surface area contributed by atoms with Gasteiger partial charge in [-0.2, -0.15) is 0 Å². The van der Waals surface area contributed by atoms with E-state index in [1.807, 2.05) is 24.8 Å². The zero-order valence-electron chi connectivity index (χ0n) is 18.4. The molecule has 1 aliphatic rings. The number of imidazole rings is 1. The predicted molar refractivity (Wildman–Crippen MR) is 126 cm³/mol. The lowest BCUT2D eigenvalue weighted by molar-refractivity contribution is -0.121. The highest BCUT2D eigenvalue weighted by Gasteiger charge is 2.26. The standard InChI is InChI=1S/C24H31N5OS/c1-3-4-5-18-6-8-19(9-7-18)21-17-31-24(26-21)27-23(30)20-10-13-29(14-11-20)16-22-25-12-15-28(22)2/h6-9,12,15,17,20H,3-5,10-11,13-14,16H2,1-2H3,(H,26,27,30). The lowest BCUT2D eigenvalue weighted by Crippen LogP contribution is -2.38. The number of benzene rings is 1. The first-order valence-corrected chi connectivity index (χ1v) is 12.0. The van der Waals surface area contributed by atoms with E-state index in [1.165, 1.54) is 29.7 Å². The molecule has 1 amide bonds. The van der Waals surface area contributed by atoms with Crippen LogP contribution in [-0.4, -0.2) is 38.4 Å². The number of hydrogen-bond acceptors (Lipinski definition) is 5. The number of likely N-dealkylation sites (tertiary alicyclic amines) is 1. The molecule has 1 saturated heterocycles. The molecule has 4 rings (SSSR count). The van der Waals surface area contributed by atoms with E-state index in [4.69, 9.17) is 0 Å². The minimum absolute atomic E-state index is 0.0443. The van der Waals surface area contributed by atoms with Crippen LogP contribution in [0, 0.1) is 5.92 Å². The SMILES string of the molecule is CCCCc1ccc(-c2csc(NC(=O)C3CCN(Cc4nccn4C)CC3)n2)cc1. The van der Waals surface area contributed by atoms with Gasteiger partial charge in [0.1, 0.15) is 5.82 Å². The molecule has 164 valence electrons. The number of carbonyl (C=O) groups excluding carboxylic acids is 1. The molecule has 6 nitrogen and oxygen atoms in total. The third-order valence-corrected chi connectivity index (χ3v) is 6.81. The van der Waals surface area contributed by atoms with Crippen LogP contribution in [0.15, 0.2) is 42.0 Å². The number of unbranched alkanes of at least 4 members (excludes halogenated alkanes) is 1. The summed E-state index contributed by atoms with van der Waals surface area (Å²) in [6.45, 7) is 4.88. The normalized spacial score (nSPS) is 15.3. The van der Waals surface area contributed by atoms with E-state index in [1.54, 1.807) is 0 Å². The van der Waals surface area contributed by atoms with Gasteiger partial charge >= 0.3 is 0 Å². The number of rotatable bonds is 8. The monoisotopic (exact) mass is 437 g/mol. The molecular weight excluding hydrogens is 406 g/mol. The second kappa shape index (κ2) is 10.2. The van der Waals surface area contributed by atoms with Crippen LogP contribution in [0.2, 0.25) is 0 Å². The van der Waals surface area contributed by atoms with Gasteiger partial charge in [-0.25, -0.2) is 9.97 Å². The number of anilines is 1. The second-order valence-corrected chi connectivity index (χ2v) is 9.19. The summed E-state index contributed by atoms with van der Waals surface area (Å²) in [5.74, 6) is 1.20. The fraction of sp³-hybridized carbons (Fsp3) is 0.458. The van der Waals surface area contributed by atoms with E-state index in [-0.39, 0.29) is 11.8 Å². The summed E-state index contributed by atoms with van der Waals surface area (Å²) < 4.78 is 2.05. The number of thiazole rings is 1. The lowest BCUT2D eigenvalue weighted by Gasteiger charge is -2.30. The van der Waals surface area contributed by atoms with Crippen molar-refractivity contribution in [2.45, 2.75) is 45.6 Å². The van der Waals surface area contributed by atoms with Crippen LogP contribution >= 0.6 is 11.3 Å². The molecule has 1 aromatic carbocycles. The van der Waals surface area contributed by atoms with Crippen LogP contribution in [0.1, 0.15) is 44.0 Å². The van der Waals surface area contributed by atoms with Gasteiger partial charge in [0.05, 0.1) is 12.2 Å². The number of carbonyl (C=O) groups is 1. The fourth-order valence-corrected chi connectivity index (χ4v) is 4.72. The van der Waals surface area contributed by atoms with E-state index in [0.717, 1.165) is 56.0 Å². The molecule has 0 atom stereocenters. The van der Waals surface area contributed by atoms with Gasteiger partial charge in [-0.3, -0.25) is 9.69 Å². The molecule has 0 spiro atoms. The average Bonchev–Trinajstić information content (AvgIpc) is 3.42. The van der Waals surface area contributed by atoms with Crippen LogP contribution in [-0.2, 0) is 24.8 Å². The van der Waals surface area contributed by atoms with Gasteiger partial charge in [0.2, 0.25) is 5.91 Å². The van der Waals surface area contributed by atoms with Crippen molar-refractivity contribution < 1.29 is 4.79 Å². The number of nitrogens with one attached hydrogen (secondary N) is 1. The maximum Gasteiger partial charge on any atom is 0.229 e. The third kappa shape index (κ3) is 5.60. The maximum atomic E-state index is 12.8. The van der Waals surface area contributed by atoms with Crippen LogP contribution in [0.3, 0.4) is 0 Å². The number of aromatic nitrogens is 3. The van der Waals surface area contributed by atoms with Gasteiger partial charge in [0, 0.05) is 36.3 Å². The van der Waals surface area contributed by atoms with Gasteiger partial charge in [0.15, 0.2) is 5.13 Å². The maximum absolute atomic E-state index is 12.8. The Bertz CT molecular complexity index is 986. The Morgan fingerprint density at radius 3 is 2.68 bits per heavy atom. The van der Waals surface area contributed by atoms with Gasteiger partial charge in [-0.05, 0) is 44.3 Å². The first-order valence-electron chi connectivity index (χ1n) is 11.2. The summed E-state index contributed by atoms with van der Waals surface area (Å²) in [5, 5.41) is 5.75. The summed E-state index contributed by atoms with van der Waals surface area (Å²) in [6.07, 6.45) is 9.09. The molecule has 1 aliphatic heterocycles. The van der Waals surface area contributed by atoms with Crippen molar-refractivity contribution in [3.63, 3.8) is 0 Å². The highest BCUT2D eigenvalue weighted by Crippen LogP contribution is 2.27. The van der Waals surface area contributed by atoms with Gasteiger partial charge in [0.25, 0.3) is 0 Å². The van der Waals surface area contributed by atoms with E-state index < -0.39 is 0 Å². The summed E-state index contributed by atoms with van der Waals surface area (Å²) in [6, 6.07) is 8.62. The Morgan fingerprint density at radius 2 is 2.00 bits per heavy atom. The molecule has 1 fully saturated rings. The minimum atomic E-state index is 0.0443. The van der Waals surface area contributed by atoms with Crippen molar-refractivity contribution in [3.05, 3.63) is 53.4 Å². The predicted octanol–water partition coefficient (Wildman–Crippen LogP) is 4.74. The highest BCUT2D eigenvalue weighted by molar-refractivity contribution is 7.14. The van der Waals surface area contributed by atoms with E-state index in [9.17, 15) is 4.79 Å². The van der Waals surface area contributed by atoms with Crippen molar-refractivity contribution in [2.24, 2.45) is 13.0 Å². The molecule has 7 heteroatoms. The fourth-order valence-electron chi connectivity index (χ4n) is 4.00. The molecule has 0 saturated carbocycles. The molecular formula is C24H31N5OS. The third-order valence-electron chi connectivity index (χ3n) is 6.05. The smallest absolute Gasteiger partial charge is 0.229 e. The Kier molecular flexibility index (Phi) is 7.14. The number of amides is 1. The summed E-state index contributed by atoms with van der Waals surface area (Å²) in [4.78, 5) is 24.2. The Hall–Kier alpha value is -2.51. The van der Waals surface area contributed by atoms with Gasteiger partial charge in [-0.1, -0.05) is 37.6 Å². The van der Waals surface area contributed by atoms with Crippen molar-refractivity contribution in [2.75, 3.05) is 18.4 Å². The topological polar surface area (TPSA) is 63.1 Å². The first kappa shape index (κ1) is 21.7. The summed E-state index contributed by atoms with van der Waals surface area (Å²) in [7, 11) is 2.02. The first-order chi connectivity index (χ1) is 15.1. The molecule has 3 aromatic rings. The van der Waals surface area contributed by atoms with Crippen molar-refractivity contribution in [1.29, 1.82) is 0 Å². The number of aryl methyl sites for hydroxylation is 2. The molecule has 3 heterocycles. The zero-order chi connectivity index (χ0) is 21.6. The molecule has 0 bridgehead atoms. The largest absolute Gasteiger partial charge is 0.337 e. The van der Waals surface area contributed by atoms with Crippen LogP contribution < -0.4 is 5.32 Å². The number of nitrogens with zero attached hydrogens (tertiary/aromatic N) is 4. The molecule has 31 heavy (non-hydrogen) atoms. The number of hydrogen-bond donors (Lipinski definition) is 1. The van der Waals surface area contributed by atoms with Crippen molar-refractivity contribution in [3.8, 4) is 11.3 Å². The summed E-state index contributed by atoms with van der Waals surface area (Å²) in [5.41, 5.74) is 3.38. The Morgan fingerprint density at radius 1 is 1.23 bits per heavy atom. The Labute approximate surface area is 188 Å².